The van der Waals surface area contributed by atoms with E-state index in [9.17, 15) is 23.1 Å². The van der Waals surface area contributed by atoms with Gasteiger partial charge in [-0.15, -0.1) is 0 Å². The molecular weight excluding hydrogens is 608 g/mol. The van der Waals surface area contributed by atoms with Gasteiger partial charge in [0.2, 0.25) is 0 Å². The smallest absolute Gasteiger partial charge is 0.261 e. The number of sulfonamides is 1. The normalized spacial score (nSPS) is 20.5. The van der Waals surface area contributed by atoms with Crippen LogP contribution in [0.2, 0.25) is 0 Å². The predicted octanol–water partition coefficient (Wildman–Crippen LogP) is 4.45. The predicted molar refractivity (Wildman–Crippen MR) is 175 cm³/mol. The summed E-state index contributed by atoms with van der Waals surface area (Å²) in [5.41, 5.74) is 0.892. The lowest BCUT2D eigenvalue weighted by atomic mass is 10.0. The first kappa shape index (κ1) is 34.9. The summed E-state index contributed by atoms with van der Waals surface area (Å²) in [6, 6.07) is 15.4. The molecule has 1 aromatic heterocycles. The van der Waals surface area contributed by atoms with Crippen molar-refractivity contribution in [2.75, 3.05) is 38.1 Å². The topological polar surface area (TPSA) is 138 Å². The second-order valence-electron chi connectivity index (χ2n) is 11.9. The number of pyridine rings is 1. The Morgan fingerprint density at radius 2 is 1.83 bits per heavy atom. The molecule has 2 N–H and O–H groups in total. The number of nitrogens with zero attached hydrogens (tertiary/aromatic N) is 3. The summed E-state index contributed by atoms with van der Waals surface area (Å²) in [7, 11) is -2.20. The maximum absolute atomic E-state index is 14.3. The minimum Gasteiger partial charge on any atom is -0.490 e. The third kappa shape index (κ3) is 9.05. The number of aliphatic hydroxyl groups is 1. The van der Waals surface area contributed by atoms with Gasteiger partial charge in [-0.05, 0) is 75.6 Å². The Bertz CT molecular complexity index is 1560. The fraction of sp³-hybridized carbons (Fsp3) is 0.441. The minimum absolute atomic E-state index is 0.0917. The van der Waals surface area contributed by atoms with Gasteiger partial charge in [0.25, 0.3) is 21.8 Å². The summed E-state index contributed by atoms with van der Waals surface area (Å²) in [5, 5.41) is 10.2. The molecule has 3 aromatic rings. The molecule has 0 bridgehead atoms. The monoisotopic (exact) mass is 652 g/mol. The van der Waals surface area contributed by atoms with Gasteiger partial charge < -0.3 is 24.4 Å². The van der Waals surface area contributed by atoms with Gasteiger partial charge >= 0.3 is 0 Å². The molecular formula is C34H44N4O7S. The lowest BCUT2D eigenvalue weighted by molar-refractivity contribution is -0.0149. The number of fused-ring (bicyclic) bond motifs is 1. The molecule has 2 heterocycles. The van der Waals surface area contributed by atoms with Crippen LogP contribution >= 0.6 is 0 Å². The Hall–Kier alpha value is -4.00. The third-order valence-corrected chi connectivity index (χ3v) is 9.48. The Morgan fingerprint density at radius 1 is 1.11 bits per heavy atom. The number of carbonyl (C=O) groups is 2. The number of aromatic nitrogens is 1. The fourth-order valence-electron chi connectivity index (χ4n) is 5.33. The molecule has 248 valence electrons. The Balaban J connectivity index is 1.66. The number of anilines is 1. The molecule has 2 amide bonds. The highest BCUT2D eigenvalue weighted by Crippen LogP contribution is 2.29. The molecule has 46 heavy (non-hydrogen) atoms. The van der Waals surface area contributed by atoms with Crippen LogP contribution in [0.5, 0.6) is 5.75 Å². The van der Waals surface area contributed by atoms with Crippen LogP contribution in [0, 0.1) is 5.92 Å². The maximum atomic E-state index is 14.3. The number of ether oxygens (including phenoxy) is 2. The van der Waals surface area contributed by atoms with Gasteiger partial charge in [-0.2, -0.15) is 0 Å². The fourth-order valence-corrected chi connectivity index (χ4v) is 6.40. The molecule has 1 aliphatic heterocycles. The number of hydrogen-bond acceptors (Lipinski definition) is 8. The second-order valence-corrected chi connectivity index (χ2v) is 13.5. The molecule has 0 saturated heterocycles. The Kier molecular flexibility index (Phi) is 12.1. The number of likely N-dealkylation sites (N-methyl/N-ethyl adjacent to an activating group) is 1. The standard InChI is InChI=1S/C34H44N4O7S/c1-24-21-38(25(2)23-39)34(41)30-20-28(36-46(42,43)29-11-6-5-7-12-29)13-14-31(30)45-26(3)10-8-9-19-44-32(24)22-37(4)33(40)27-15-17-35-18-16-27/h5-7,11-18,20,24-26,32,36,39H,8-10,19,21-23H2,1-4H3/t24-,25+,26-,32+/m1/s1. The molecule has 0 aliphatic carbocycles. The van der Waals surface area contributed by atoms with E-state index in [1.807, 2.05) is 13.8 Å². The summed E-state index contributed by atoms with van der Waals surface area (Å²) in [4.78, 5) is 34.7. The van der Waals surface area contributed by atoms with Crippen molar-refractivity contribution in [3.63, 3.8) is 0 Å². The third-order valence-electron chi connectivity index (χ3n) is 8.09. The number of aliphatic hydroxyl groups excluding tert-OH is 1. The molecule has 0 saturated carbocycles. The zero-order valence-electron chi connectivity index (χ0n) is 26.8. The molecule has 4 rings (SSSR count). The van der Waals surface area contributed by atoms with Crippen molar-refractivity contribution < 1.29 is 32.6 Å². The quantitative estimate of drug-likeness (QED) is 0.364. The van der Waals surface area contributed by atoms with Crippen molar-refractivity contribution in [3.05, 3.63) is 84.2 Å². The van der Waals surface area contributed by atoms with Gasteiger partial charge in [0, 0.05) is 56.3 Å². The molecule has 12 heteroatoms. The van der Waals surface area contributed by atoms with Crippen LogP contribution < -0.4 is 9.46 Å². The van der Waals surface area contributed by atoms with Gasteiger partial charge in [-0.3, -0.25) is 19.3 Å². The lowest BCUT2D eigenvalue weighted by Crippen LogP contribution is -2.48. The van der Waals surface area contributed by atoms with Crippen LogP contribution in [0.3, 0.4) is 0 Å². The zero-order chi connectivity index (χ0) is 33.3. The Morgan fingerprint density at radius 3 is 2.52 bits per heavy atom. The summed E-state index contributed by atoms with van der Waals surface area (Å²) in [6.07, 6.45) is 4.81. The van der Waals surface area contributed by atoms with E-state index in [2.05, 4.69) is 9.71 Å². The highest BCUT2D eigenvalue weighted by Gasteiger charge is 2.31. The van der Waals surface area contributed by atoms with E-state index in [0.29, 0.717) is 30.9 Å². The van der Waals surface area contributed by atoms with Gasteiger partial charge in [0.1, 0.15) is 5.75 Å². The molecule has 4 atom stereocenters. The number of amides is 2. The van der Waals surface area contributed by atoms with E-state index >= 15 is 0 Å². The minimum atomic E-state index is -3.91. The first-order valence-electron chi connectivity index (χ1n) is 15.6. The van der Waals surface area contributed by atoms with Gasteiger partial charge in [0.05, 0.1) is 35.3 Å². The van der Waals surface area contributed by atoms with E-state index in [1.165, 1.54) is 18.2 Å². The first-order chi connectivity index (χ1) is 22.0. The molecule has 0 fully saturated rings. The molecule has 1 aliphatic rings. The summed E-state index contributed by atoms with van der Waals surface area (Å²) < 4.78 is 41.3. The summed E-state index contributed by atoms with van der Waals surface area (Å²) >= 11 is 0. The van der Waals surface area contributed by atoms with Crippen molar-refractivity contribution in [2.24, 2.45) is 5.92 Å². The van der Waals surface area contributed by atoms with Gasteiger partial charge in [-0.25, -0.2) is 8.42 Å². The number of rotatable bonds is 8. The van der Waals surface area contributed by atoms with Crippen molar-refractivity contribution in [1.29, 1.82) is 0 Å². The van der Waals surface area contributed by atoms with E-state index in [4.69, 9.17) is 9.47 Å². The van der Waals surface area contributed by atoms with Crippen LogP contribution in [0.15, 0.2) is 78.0 Å². The van der Waals surface area contributed by atoms with Crippen molar-refractivity contribution in [2.45, 2.75) is 63.2 Å². The van der Waals surface area contributed by atoms with Crippen LogP contribution in [0.1, 0.15) is 60.7 Å². The van der Waals surface area contributed by atoms with Crippen molar-refractivity contribution >= 4 is 27.5 Å². The molecule has 11 nitrogen and oxygen atoms in total. The average molecular weight is 653 g/mol. The van der Waals surface area contributed by atoms with Crippen LogP contribution in [-0.2, 0) is 14.8 Å². The highest BCUT2D eigenvalue weighted by molar-refractivity contribution is 7.92. The zero-order valence-corrected chi connectivity index (χ0v) is 27.7. The largest absolute Gasteiger partial charge is 0.490 e. The van der Waals surface area contributed by atoms with Crippen molar-refractivity contribution in [1.82, 2.24) is 14.8 Å². The lowest BCUT2D eigenvalue weighted by Gasteiger charge is -2.36. The van der Waals surface area contributed by atoms with Crippen LogP contribution in [0.25, 0.3) is 0 Å². The second kappa shape index (κ2) is 16.0. The summed E-state index contributed by atoms with van der Waals surface area (Å²) in [6.45, 7) is 6.30. The number of carbonyl (C=O) groups excluding carboxylic acids is 2. The molecule has 0 unspecified atom stereocenters. The SMILES string of the molecule is C[C@@H]1CCCCO[C@@H](CN(C)C(=O)c2ccncc2)[C@H](C)CN([C@@H](C)CO)C(=O)c2cc(NS(=O)(=O)c3ccccc3)ccc2O1. The summed E-state index contributed by atoms with van der Waals surface area (Å²) in [5.74, 6) is -0.500. The molecule has 2 aromatic carbocycles. The van der Waals surface area contributed by atoms with Crippen molar-refractivity contribution in [3.8, 4) is 5.75 Å². The molecule has 0 radical (unpaired) electrons. The highest BCUT2D eigenvalue weighted by atomic mass is 32.2. The molecule has 0 spiro atoms. The maximum Gasteiger partial charge on any atom is 0.261 e. The van der Waals surface area contributed by atoms with E-state index in [-0.39, 0.29) is 47.2 Å². The van der Waals surface area contributed by atoms with Crippen LogP contribution in [0.4, 0.5) is 5.69 Å². The number of benzene rings is 2. The number of hydrogen-bond donors (Lipinski definition) is 2. The van der Waals surface area contributed by atoms with E-state index in [1.54, 1.807) is 78.6 Å². The van der Waals surface area contributed by atoms with Gasteiger partial charge in [0.15, 0.2) is 0 Å². The van der Waals surface area contributed by atoms with E-state index < -0.39 is 28.1 Å². The first-order valence-corrected chi connectivity index (χ1v) is 17.1. The number of nitrogens with one attached hydrogen (secondary N) is 1. The Labute approximate surface area is 271 Å². The van der Waals surface area contributed by atoms with E-state index in [0.717, 1.165) is 12.8 Å². The van der Waals surface area contributed by atoms with Gasteiger partial charge in [-0.1, -0.05) is 25.1 Å². The van der Waals surface area contributed by atoms with Crippen LogP contribution in [-0.4, -0.2) is 91.7 Å². The average Bonchev–Trinajstić information content (AvgIpc) is 3.06.